The van der Waals surface area contributed by atoms with E-state index in [2.05, 4.69) is 10.6 Å². The van der Waals surface area contributed by atoms with E-state index < -0.39 is 36.3 Å². The molecule has 0 aliphatic carbocycles. The van der Waals surface area contributed by atoms with Crippen LogP contribution < -0.4 is 10.6 Å². The number of carbonyl (C=O) groups excluding carboxylic acids is 2. The highest BCUT2D eigenvalue weighted by Crippen LogP contribution is 2.22. The molecule has 2 aromatic rings. The molecule has 0 radical (unpaired) electrons. The fourth-order valence-corrected chi connectivity index (χ4v) is 2.08. The third kappa shape index (κ3) is 5.73. The van der Waals surface area contributed by atoms with Gasteiger partial charge in [-0.1, -0.05) is 36.4 Å². The number of aliphatic carboxylic acids is 2. The van der Waals surface area contributed by atoms with Crippen molar-refractivity contribution >= 4 is 35.5 Å². The van der Waals surface area contributed by atoms with Crippen molar-refractivity contribution in [1.82, 2.24) is 0 Å². The second-order valence-electron chi connectivity index (χ2n) is 5.39. The largest absolute Gasteiger partial charge is 0.481 e. The van der Waals surface area contributed by atoms with Crippen LogP contribution in [0.4, 0.5) is 21.0 Å². The molecule has 10 heteroatoms. The number of ether oxygens (including phenoxy) is 2. The highest BCUT2D eigenvalue weighted by molar-refractivity contribution is 5.93. The maximum absolute atomic E-state index is 12.1. The molecule has 0 aromatic heterocycles. The van der Waals surface area contributed by atoms with E-state index in [4.69, 9.17) is 14.6 Å². The third-order valence-electron chi connectivity index (χ3n) is 3.27. The summed E-state index contributed by atoms with van der Waals surface area (Å²) >= 11 is 0. The lowest BCUT2D eigenvalue weighted by Gasteiger charge is -2.27. The average molecular weight is 388 g/mol. The first-order valence-electron chi connectivity index (χ1n) is 7.86. The van der Waals surface area contributed by atoms with Gasteiger partial charge >= 0.3 is 29.9 Å². The molecule has 0 spiro atoms. The van der Waals surface area contributed by atoms with Gasteiger partial charge in [-0.2, -0.15) is 0 Å². The first-order valence-corrected chi connectivity index (χ1v) is 7.86. The van der Waals surface area contributed by atoms with Crippen molar-refractivity contribution in [3.8, 4) is 0 Å². The van der Waals surface area contributed by atoms with Crippen LogP contribution >= 0.6 is 0 Å². The van der Waals surface area contributed by atoms with Crippen LogP contribution in [0.2, 0.25) is 0 Å². The number of carboxylic acids is 2. The van der Waals surface area contributed by atoms with Crippen molar-refractivity contribution in [2.75, 3.05) is 10.6 Å². The van der Waals surface area contributed by atoms with Crippen LogP contribution in [0.15, 0.2) is 60.7 Å². The summed E-state index contributed by atoms with van der Waals surface area (Å²) in [5.41, 5.74) is 0.520. The third-order valence-corrected chi connectivity index (χ3v) is 3.27. The van der Waals surface area contributed by atoms with E-state index in [1.165, 1.54) is 24.3 Å². The van der Waals surface area contributed by atoms with E-state index in [1.54, 1.807) is 36.4 Å². The standard InChI is InChI=1S/C18H16N2O8/c21-14(22)11-18(15(23)24,27-16(25)19-12-7-3-1-4-8-12)28-17(26)20-13-9-5-2-6-10-13/h1-10H,11H2,(H,19,25)(H,20,26)(H,21,22)(H,23,24). The number of hydrogen-bond acceptors (Lipinski definition) is 6. The van der Waals surface area contributed by atoms with Crippen LogP contribution in [-0.4, -0.2) is 40.1 Å². The van der Waals surface area contributed by atoms with Crippen molar-refractivity contribution in [2.24, 2.45) is 0 Å². The minimum absolute atomic E-state index is 0.260. The fourth-order valence-electron chi connectivity index (χ4n) is 2.08. The van der Waals surface area contributed by atoms with E-state index in [1.807, 2.05) is 0 Å². The first-order chi connectivity index (χ1) is 13.3. The van der Waals surface area contributed by atoms with Crippen LogP contribution in [-0.2, 0) is 19.1 Å². The topological polar surface area (TPSA) is 151 Å². The highest BCUT2D eigenvalue weighted by atomic mass is 16.8. The summed E-state index contributed by atoms with van der Waals surface area (Å²) in [4.78, 5) is 46.9. The minimum atomic E-state index is -3.08. The van der Waals surface area contributed by atoms with Crippen molar-refractivity contribution in [3.05, 3.63) is 60.7 Å². The lowest BCUT2D eigenvalue weighted by atomic mass is 10.2. The molecule has 0 unspecified atom stereocenters. The molecule has 146 valence electrons. The lowest BCUT2D eigenvalue weighted by Crippen LogP contribution is -2.50. The van der Waals surface area contributed by atoms with Crippen molar-refractivity contribution in [1.29, 1.82) is 0 Å². The normalized spacial score (nSPS) is 10.4. The molecule has 2 amide bonds. The minimum Gasteiger partial charge on any atom is -0.481 e. The Hall–Kier alpha value is -4.08. The zero-order chi connectivity index (χ0) is 20.6. The van der Waals surface area contributed by atoms with Gasteiger partial charge in [0.05, 0.1) is 0 Å². The van der Waals surface area contributed by atoms with Crippen molar-refractivity contribution in [3.63, 3.8) is 0 Å². The Kier molecular flexibility index (Phi) is 6.53. The first kappa shape index (κ1) is 20.2. The quantitative estimate of drug-likeness (QED) is 0.529. The van der Waals surface area contributed by atoms with E-state index in [9.17, 15) is 24.3 Å². The maximum atomic E-state index is 12.1. The van der Waals surface area contributed by atoms with Gasteiger partial charge in [-0.15, -0.1) is 0 Å². The monoisotopic (exact) mass is 388 g/mol. The molecule has 0 saturated heterocycles. The summed E-state index contributed by atoms with van der Waals surface area (Å²) in [6.45, 7) is 0. The number of anilines is 2. The molecule has 0 saturated carbocycles. The Morgan fingerprint density at radius 1 is 0.750 bits per heavy atom. The number of hydrogen-bond donors (Lipinski definition) is 4. The molecule has 0 bridgehead atoms. The Labute approximate surface area is 158 Å². The SMILES string of the molecule is O=C(O)CC(OC(=O)Nc1ccccc1)(OC(=O)Nc1ccccc1)C(=O)O. The van der Waals surface area contributed by atoms with Crippen molar-refractivity contribution in [2.45, 2.75) is 12.2 Å². The Bertz CT molecular complexity index is 799. The molecule has 2 aromatic carbocycles. The number of nitrogens with one attached hydrogen (secondary N) is 2. The second kappa shape index (κ2) is 9.03. The van der Waals surface area contributed by atoms with Gasteiger partial charge in [0.2, 0.25) is 0 Å². The van der Waals surface area contributed by atoms with Crippen LogP contribution in [0, 0.1) is 0 Å². The van der Waals surface area contributed by atoms with E-state index in [0.717, 1.165) is 0 Å². The number of benzene rings is 2. The summed E-state index contributed by atoms with van der Waals surface area (Å²) in [7, 11) is 0. The van der Waals surface area contributed by atoms with E-state index in [0.29, 0.717) is 0 Å². The number of para-hydroxylation sites is 2. The molecule has 10 nitrogen and oxygen atoms in total. The van der Waals surface area contributed by atoms with Crippen molar-refractivity contribution < 1.29 is 38.9 Å². The lowest BCUT2D eigenvalue weighted by molar-refractivity contribution is -0.205. The molecule has 28 heavy (non-hydrogen) atoms. The second-order valence-corrected chi connectivity index (χ2v) is 5.39. The summed E-state index contributed by atoms with van der Waals surface area (Å²) in [6, 6.07) is 15.7. The number of amides is 2. The summed E-state index contributed by atoms with van der Waals surface area (Å²) in [6.07, 6.45) is -3.95. The summed E-state index contributed by atoms with van der Waals surface area (Å²) in [5, 5.41) is 22.9. The smallest absolute Gasteiger partial charge is 0.415 e. The molecule has 2 rings (SSSR count). The zero-order valence-corrected chi connectivity index (χ0v) is 14.3. The van der Waals surface area contributed by atoms with Crippen LogP contribution in [0.1, 0.15) is 6.42 Å². The molecule has 0 aliphatic heterocycles. The van der Waals surface area contributed by atoms with Gasteiger partial charge in [0.25, 0.3) is 0 Å². The molecule has 4 N–H and O–H groups in total. The van der Waals surface area contributed by atoms with E-state index in [-0.39, 0.29) is 11.4 Å². The molecule has 0 aliphatic rings. The number of carbonyl (C=O) groups is 4. The molecular formula is C18H16N2O8. The van der Waals surface area contributed by atoms with Crippen LogP contribution in [0.25, 0.3) is 0 Å². The van der Waals surface area contributed by atoms with Gasteiger partial charge in [0.1, 0.15) is 6.42 Å². The maximum Gasteiger partial charge on any atom is 0.415 e. The van der Waals surface area contributed by atoms with Gasteiger partial charge in [0, 0.05) is 11.4 Å². The molecule has 0 atom stereocenters. The van der Waals surface area contributed by atoms with Gasteiger partial charge in [-0.05, 0) is 24.3 Å². The Morgan fingerprint density at radius 3 is 1.46 bits per heavy atom. The predicted molar refractivity (Wildman–Crippen MR) is 95.7 cm³/mol. The van der Waals surface area contributed by atoms with E-state index >= 15 is 0 Å². The predicted octanol–water partition coefficient (Wildman–Crippen LogP) is 2.74. The van der Waals surface area contributed by atoms with Crippen LogP contribution in [0.5, 0.6) is 0 Å². The molecular weight excluding hydrogens is 372 g/mol. The summed E-state index contributed by atoms with van der Waals surface area (Å²) in [5.74, 6) is -6.72. The van der Waals surface area contributed by atoms with Crippen LogP contribution in [0.3, 0.4) is 0 Å². The van der Waals surface area contributed by atoms with Gasteiger partial charge in [0.15, 0.2) is 0 Å². The Balaban J connectivity index is 2.18. The zero-order valence-electron chi connectivity index (χ0n) is 14.3. The van der Waals surface area contributed by atoms with Gasteiger partial charge in [-0.25, -0.2) is 14.4 Å². The summed E-state index contributed by atoms with van der Waals surface area (Å²) < 4.78 is 9.42. The molecule has 0 heterocycles. The van der Waals surface area contributed by atoms with Gasteiger partial charge < -0.3 is 19.7 Å². The Morgan fingerprint density at radius 2 is 1.14 bits per heavy atom. The van der Waals surface area contributed by atoms with Gasteiger partial charge in [-0.3, -0.25) is 15.4 Å². The average Bonchev–Trinajstić information content (AvgIpc) is 2.62. The fraction of sp³-hybridized carbons (Fsp3) is 0.111. The highest BCUT2D eigenvalue weighted by Gasteiger charge is 2.50. The number of carboxylic acid groups (broad SMARTS) is 2. The molecule has 0 fully saturated rings. The number of rotatable bonds is 7.